The monoisotopic (exact) mass is 443 g/mol. The van der Waals surface area contributed by atoms with Crippen LogP contribution in [0.4, 0.5) is 11.4 Å². The fourth-order valence-corrected chi connectivity index (χ4v) is 6.16. The molecule has 1 nitrogen and oxygen atoms in total. The molecule has 0 spiro atoms. The lowest BCUT2D eigenvalue weighted by Gasteiger charge is -2.24. The fraction of sp³-hybridized carbons (Fsp3) is 0.273. The van der Waals surface area contributed by atoms with Crippen molar-refractivity contribution in [1.82, 2.24) is 0 Å². The first-order valence-electron chi connectivity index (χ1n) is 12.8. The summed E-state index contributed by atoms with van der Waals surface area (Å²) in [6, 6.07) is 33.7. The molecule has 0 unspecified atom stereocenters. The molecule has 0 bridgehead atoms. The minimum Gasteiger partial charge on any atom is -0.355 e. The molecule has 0 aromatic heterocycles. The average Bonchev–Trinajstić information content (AvgIpc) is 3.12. The van der Waals surface area contributed by atoms with Crippen molar-refractivity contribution in [2.75, 3.05) is 5.32 Å². The molecule has 1 saturated carbocycles. The molecular weight excluding hydrogens is 410 g/mol. The molecule has 0 atom stereocenters. The second-order valence-corrected chi connectivity index (χ2v) is 10.6. The molecule has 4 aromatic carbocycles. The first kappa shape index (κ1) is 21.2. The van der Waals surface area contributed by atoms with Crippen molar-refractivity contribution in [3.05, 3.63) is 108 Å². The fourth-order valence-electron chi connectivity index (χ4n) is 6.16. The van der Waals surface area contributed by atoms with Crippen LogP contribution in [0.1, 0.15) is 68.6 Å². The van der Waals surface area contributed by atoms with Gasteiger partial charge in [-0.1, -0.05) is 106 Å². The summed E-state index contributed by atoms with van der Waals surface area (Å²) < 4.78 is 0. The maximum Gasteiger partial charge on any atom is 0.0466 e. The lowest BCUT2D eigenvalue weighted by atomic mass is 9.82. The lowest BCUT2D eigenvalue weighted by molar-refractivity contribution is 0.444. The summed E-state index contributed by atoms with van der Waals surface area (Å²) in [6.07, 6.45) is 6.73. The van der Waals surface area contributed by atoms with Crippen LogP contribution in [0.3, 0.4) is 0 Å². The van der Waals surface area contributed by atoms with Crippen LogP contribution >= 0.6 is 0 Å². The summed E-state index contributed by atoms with van der Waals surface area (Å²) in [5.74, 6) is 0.688. The van der Waals surface area contributed by atoms with Crippen LogP contribution in [0, 0.1) is 0 Å². The quantitative estimate of drug-likeness (QED) is 0.331. The van der Waals surface area contributed by atoms with E-state index >= 15 is 0 Å². The van der Waals surface area contributed by atoms with Crippen LogP contribution in [0.15, 0.2) is 91.0 Å². The molecule has 1 N–H and O–H groups in total. The van der Waals surface area contributed by atoms with Gasteiger partial charge in [-0.05, 0) is 70.3 Å². The van der Waals surface area contributed by atoms with Gasteiger partial charge in [-0.2, -0.15) is 0 Å². The number of hydrogen-bond acceptors (Lipinski definition) is 1. The topological polar surface area (TPSA) is 12.0 Å². The number of hydrogen-bond donors (Lipinski definition) is 1. The summed E-state index contributed by atoms with van der Waals surface area (Å²) in [6.45, 7) is 4.70. The highest BCUT2D eigenvalue weighted by Crippen LogP contribution is 2.49. The van der Waals surface area contributed by atoms with E-state index in [0.29, 0.717) is 5.92 Å². The van der Waals surface area contributed by atoms with Crippen molar-refractivity contribution < 1.29 is 0 Å². The third-order valence-electron chi connectivity index (χ3n) is 8.07. The van der Waals surface area contributed by atoms with Crippen LogP contribution in [0.25, 0.3) is 22.3 Å². The highest BCUT2D eigenvalue weighted by molar-refractivity contribution is 5.85. The van der Waals surface area contributed by atoms with Crippen molar-refractivity contribution in [2.45, 2.75) is 57.3 Å². The molecule has 4 aromatic rings. The summed E-state index contributed by atoms with van der Waals surface area (Å²) in [4.78, 5) is 0. The van der Waals surface area contributed by atoms with Crippen molar-refractivity contribution in [1.29, 1.82) is 0 Å². The zero-order valence-corrected chi connectivity index (χ0v) is 20.3. The minimum atomic E-state index is 0.00974. The van der Waals surface area contributed by atoms with Gasteiger partial charge in [0.25, 0.3) is 0 Å². The molecule has 2 aliphatic rings. The van der Waals surface area contributed by atoms with E-state index in [2.05, 4.69) is 110 Å². The molecular formula is C33H33N. The van der Waals surface area contributed by atoms with Gasteiger partial charge < -0.3 is 5.32 Å². The van der Waals surface area contributed by atoms with Crippen LogP contribution in [-0.4, -0.2) is 0 Å². The second kappa shape index (κ2) is 8.47. The van der Waals surface area contributed by atoms with E-state index in [9.17, 15) is 0 Å². The van der Waals surface area contributed by atoms with Gasteiger partial charge in [0.2, 0.25) is 0 Å². The Labute approximate surface area is 203 Å². The van der Waals surface area contributed by atoms with Crippen molar-refractivity contribution in [2.24, 2.45) is 0 Å². The zero-order valence-electron chi connectivity index (χ0n) is 20.3. The normalized spacial score (nSPS) is 16.6. The highest BCUT2D eigenvalue weighted by atomic mass is 14.9. The van der Waals surface area contributed by atoms with Crippen LogP contribution in [0.2, 0.25) is 0 Å². The Hall–Kier alpha value is -3.32. The van der Waals surface area contributed by atoms with Crippen molar-refractivity contribution >= 4 is 11.4 Å². The van der Waals surface area contributed by atoms with Crippen LogP contribution in [-0.2, 0) is 5.41 Å². The van der Waals surface area contributed by atoms with Crippen LogP contribution < -0.4 is 5.32 Å². The molecule has 0 heterocycles. The maximum atomic E-state index is 3.84. The van der Waals surface area contributed by atoms with Gasteiger partial charge in [0, 0.05) is 22.4 Å². The number of rotatable bonds is 4. The third-order valence-corrected chi connectivity index (χ3v) is 8.07. The summed E-state index contributed by atoms with van der Waals surface area (Å²) in [5, 5.41) is 3.84. The standard InChI is InChI=1S/C33H33N/c1-33(2)30-16-10-9-15-28(30)29-20-18-26(22-31(29)33)34-32-21-25(23-11-5-3-6-12-23)17-19-27(32)24-13-7-4-8-14-24/h4,7-10,13-23,34H,3,5-6,11-12H2,1-2H3. The molecule has 170 valence electrons. The van der Waals surface area contributed by atoms with Gasteiger partial charge in [0.05, 0.1) is 0 Å². The summed E-state index contributed by atoms with van der Waals surface area (Å²) >= 11 is 0. The molecule has 6 rings (SSSR count). The Kier molecular flexibility index (Phi) is 5.29. The van der Waals surface area contributed by atoms with Gasteiger partial charge in [-0.25, -0.2) is 0 Å². The molecule has 0 saturated heterocycles. The average molecular weight is 444 g/mol. The Morgan fingerprint density at radius 3 is 2.18 bits per heavy atom. The van der Waals surface area contributed by atoms with E-state index in [1.165, 1.54) is 76.7 Å². The number of benzene rings is 4. The molecule has 0 radical (unpaired) electrons. The van der Waals surface area contributed by atoms with Crippen LogP contribution in [0.5, 0.6) is 0 Å². The number of nitrogens with one attached hydrogen (secondary N) is 1. The second-order valence-electron chi connectivity index (χ2n) is 10.6. The Bertz CT molecular complexity index is 1330. The Morgan fingerprint density at radius 2 is 1.35 bits per heavy atom. The lowest BCUT2D eigenvalue weighted by Crippen LogP contribution is -2.15. The van der Waals surface area contributed by atoms with Gasteiger partial charge in [0.15, 0.2) is 0 Å². The molecule has 1 heteroatoms. The van der Waals surface area contributed by atoms with E-state index < -0.39 is 0 Å². The van der Waals surface area contributed by atoms with Crippen molar-refractivity contribution in [3.63, 3.8) is 0 Å². The predicted molar refractivity (Wildman–Crippen MR) is 145 cm³/mol. The first-order valence-corrected chi connectivity index (χ1v) is 12.8. The molecule has 0 amide bonds. The maximum absolute atomic E-state index is 3.84. The predicted octanol–water partition coefficient (Wildman–Crippen LogP) is 9.45. The third kappa shape index (κ3) is 3.64. The highest BCUT2D eigenvalue weighted by Gasteiger charge is 2.35. The number of fused-ring (bicyclic) bond motifs is 3. The van der Waals surface area contributed by atoms with E-state index in [1.54, 1.807) is 0 Å². The first-order chi connectivity index (χ1) is 16.6. The largest absolute Gasteiger partial charge is 0.355 e. The molecule has 0 aliphatic heterocycles. The molecule has 2 aliphatic carbocycles. The smallest absolute Gasteiger partial charge is 0.0466 e. The Morgan fingerprint density at radius 1 is 0.647 bits per heavy atom. The van der Waals surface area contributed by atoms with E-state index in [0.717, 1.165) is 5.69 Å². The zero-order chi connectivity index (χ0) is 23.1. The molecule has 1 fully saturated rings. The van der Waals surface area contributed by atoms with Gasteiger partial charge in [0.1, 0.15) is 0 Å². The van der Waals surface area contributed by atoms with E-state index in [-0.39, 0.29) is 5.41 Å². The summed E-state index contributed by atoms with van der Waals surface area (Å²) in [5.41, 5.74) is 12.0. The van der Waals surface area contributed by atoms with Gasteiger partial charge >= 0.3 is 0 Å². The van der Waals surface area contributed by atoms with Gasteiger partial charge in [-0.15, -0.1) is 0 Å². The Balaban J connectivity index is 1.41. The van der Waals surface area contributed by atoms with Gasteiger partial charge in [-0.3, -0.25) is 0 Å². The van der Waals surface area contributed by atoms with E-state index in [4.69, 9.17) is 0 Å². The summed E-state index contributed by atoms with van der Waals surface area (Å²) in [7, 11) is 0. The SMILES string of the molecule is CC1(C)c2ccccc2-c2ccc(Nc3cc(C4CCCCC4)ccc3-c3ccccc3)cc21. The van der Waals surface area contributed by atoms with E-state index in [1.807, 2.05) is 0 Å². The molecule has 34 heavy (non-hydrogen) atoms. The number of anilines is 2. The van der Waals surface area contributed by atoms with Crippen molar-refractivity contribution in [3.8, 4) is 22.3 Å². The minimum absolute atomic E-state index is 0.00974.